The van der Waals surface area contributed by atoms with Crippen LogP contribution in [0.5, 0.6) is 0 Å². The number of aliphatic imine (C=N–C) groups is 1. The van der Waals surface area contributed by atoms with Crippen LogP contribution in [0.15, 0.2) is 4.99 Å². The number of nitrogens with one attached hydrogen (secondary N) is 2. The number of nitrogens with zero attached hydrogens (tertiary/aromatic N) is 1. The minimum atomic E-state index is -0.498. The van der Waals surface area contributed by atoms with E-state index in [2.05, 4.69) is 15.6 Å². The first-order valence-electron chi connectivity index (χ1n) is 5.09. The highest BCUT2D eigenvalue weighted by atomic mass is 32.2. The molecule has 1 amide bonds. The second-order valence-corrected chi connectivity index (χ2v) is 5.53. The minimum Gasteiger partial charge on any atom is -0.444 e. The lowest BCUT2D eigenvalue weighted by atomic mass is 10.2. The van der Waals surface area contributed by atoms with E-state index < -0.39 is 11.7 Å². The zero-order valence-electron chi connectivity index (χ0n) is 10.7. The van der Waals surface area contributed by atoms with E-state index in [0.717, 1.165) is 0 Å². The number of amidine groups is 1. The molecule has 94 valence electrons. The van der Waals surface area contributed by atoms with Gasteiger partial charge < -0.3 is 10.1 Å². The summed E-state index contributed by atoms with van der Waals surface area (Å²) < 4.78 is 5.12. The van der Waals surface area contributed by atoms with Gasteiger partial charge in [0.15, 0.2) is 5.17 Å². The molecule has 0 aromatic carbocycles. The fourth-order valence-corrected chi connectivity index (χ4v) is 1.46. The maximum atomic E-state index is 11.4. The predicted octanol–water partition coefficient (Wildman–Crippen LogP) is 1.80. The number of thioether (sulfide) groups is 1. The van der Waals surface area contributed by atoms with Crippen molar-refractivity contribution in [3.63, 3.8) is 0 Å². The molecule has 0 aliphatic carbocycles. The van der Waals surface area contributed by atoms with Gasteiger partial charge in [-0.3, -0.25) is 10.3 Å². The van der Waals surface area contributed by atoms with Crippen LogP contribution in [0, 0.1) is 0 Å². The summed E-state index contributed by atoms with van der Waals surface area (Å²) in [5.41, 5.74) is -0.498. The van der Waals surface area contributed by atoms with Crippen LogP contribution in [0.4, 0.5) is 4.79 Å². The quantitative estimate of drug-likeness (QED) is 0.444. The average molecular weight is 247 g/mol. The van der Waals surface area contributed by atoms with Gasteiger partial charge in [0.05, 0.1) is 5.37 Å². The Kier molecular flexibility index (Phi) is 6.43. The van der Waals surface area contributed by atoms with Crippen molar-refractivity contribution in [2.75, 3.05) is 14.1 Å². The van der Waals surface area contributed by atoms with Gasteiger partial charge in [-0.15, -0.1) is 0 Å². The third-order valence-electron chi connectivity index (χ3n) is 1.51. The first-order chi connectivity index (χ1) is 7.28. The fourth-order valence-electron chi connectivity index (χ4n) is 0.755. The molecule has 6 heteroatoms. The topological polar surface area (TPSA) is 62.7 Å². The SMILES string of the molecule is C/N=C(/NC(=O)OC(C)(C)C)SC(C)NC. The predicted molar refractivity (Wildman–Crippen MR) is 68.8 cm³/mol. The summed E-state index contributed by atoms with van der Waals surface area (Å²) in [4.78, 5) is 15.4. The van der Waals surface area contributed by atoms with Gasteiger partial charge in [-0.05, 0) is 34.7 Å². The van der Waals surface area contributed by atoms with Crippen molar-refractivity contribution < 1.29 is 9.53 Å². The molecule has 0 heterocycles. The number of amides is 1. The molecule has 0 aromatic heterocycles. The van der Waals surface area contributed by atoms with Crippen LogP contribution < -0.4 is 10.6 Å². The second-order valence-electron chi connectivity index (χ2n) is 4.20. The number of hydrogen-bond donors (Lipinski definition) is 2. The Morgan fingerprint density at radius 3 is 2.38 bits per heavy atom. The highest BCUT2D eigenvalue weighted by Gasteiger charge is 2.18. The molecule has 2 N–H and O–H groups in total. The number of alkyl carbamates (subject to hydrolysis) is 1. The maximum Gasteiger partial charge on any atom is 0.413 e. The lowest BCUT2D eigenvalue weighted by Gasteiger charge is -2.20. The molecule has 0 radical (unpaired) electrons. The van der Waals surface area contributed by atoms with Crippen LogP contribution in [0.1, 0.15) is 27.7 Å². The van der Waals surface area contributed by atoms with Crippen LogP contribution in [0.2, 0.25) is 0 Å². The van der Waals surface area contributed by atoms with Crippen molar-refractivity contribution in [2.24, 2.45) is 4.99 Å². The molecule has 0 rings (SSSR count). The van der Waals surface area contributed by atoms with Gasteiger partial charge in [0.2, 0.25) is 0 Å². The van der Waals surface area contributed by atoms with E-state index in [9.17, 15) is 4.79 Å². The van der Waals surface area contributed by atoms with Gasteiger partial charge >= 0.3 is 6.09 Å². The third kappa shape index (κ3) is 7.53. The van der Waals surface area contributed by atoms with E-state index in [1.807, 2.05) is 34.7 Å². The minimum absolute atomic E-state index is 0.175. The number of carbonyl (C=O) groups is 1. The highest BCUT2D eigenvalue weighted by molar-refractivity contribution is 8.14. The Labute approximate surface area is 101 Å². The van der Waals surface area contributed by atoms with E-state index in [-0.39, 0.29) is 5.37 Å². The molecule has 5 nitrogen and oxygen atoms in total. The van der Waals surface area contributed by atoms with Crippen molar-refractivity contribution in [2.45, 2.75) is 38.7 Å². The Morgan fingerprint density at radius 1 is 1.44 bits per heavy atom. The zero-order chi connectivity index (χ0) is 12.8. The number of hydrogen-bond acceptors (Lipinski definition) is 5. The van der Waals surface area contributed by atoms with Gasteiger partial charge in [0.25, 0.3) is 0 Å². The molecule has 0 aliphatic heterocycles. The molecule has 0 fully saturated rings. The summed E-state index contributed by atoms with van der Waals surface area (Å²) >= 11 is 1.43. The van der Waals surface area contributed by atoms with Crippen LogP contribution in [0.3, 0.4) is 0 Å². The van der Waals surface area contributed by atoms with E-state index in [1.54, 1.807) is 7.05 Å². The Bertz CT molecular complexity index is 261. The normalized spacial score (nSPS) is 14.5. The summed E-state index contributed by atoms with van der Waals surface area (Å²) in [7, 11) is 3.47. The lowest BCUT2D eigenvalue weighted by Crippen LogP contribution is -2.36. The fraction of sp³-hybridized carbons (Fsp3) is 0.800. The van der Waals surface area contributed by atoms with Crippen LogP contribution in [-0.4, -0.2) is 36.3 Å². The van der Waals surface area contributed by atoms with E-state index >= 15 is 0 Å². The summed E-state index contributed by atoms with van der Waals surface area (Å²) in [6, 6.07) is 0. The number of rotatable bonds is 2. The van der Waals surface area contributed by atoms with Crippen molar-refractivity contribution in [3.8, 4) is 0 Å². The smallest absolute Gasteiger partial charge is 0.413 e. The summed E-state index contributed by atoms with van der Waals surface area (Å²) in [6.45, 7) is 7.43. The molecule has 0 aromatic rings. The van der Waals surface area contributed by atoms with Gasteiger partial charge in [-0.2, -0.15) is 0 Å². The second kappa shape index (κ2) is 6.75. The Hall–Kier alpha value is -0.750. The van der Waals surface area contributed by atoms with Crippen molar-refractivity contribution in [3.05, 3.63) is 0 Å². The largest absolute Gasteiger partial charge is 0.444 e. The lowest BCUT2D eigenvalue weighted by molar-refractivity contribution is 0.0564. The molecule has 0 saturated carbocycles. The standard InChI is InChI=1S/C10H21N3O2S/c1-7(11-5)16-8(12-6)13-9(14)15-10(2,3)4/h7,11H,1-6H3,(H,12,13,14). The Balaban J connectivity index is 4.19. The van der Waals surface area contributed by atoms with Crippen LogP contribution in [0.25, 0.3) is 0 Å². The molecule has 0 aliphatic rings. The molecular weight excluding hydrogens is 226 g/mol. The van der Waals surface area contributed by atoms with E-state index in [4.69, 9.17) is 4.74 Å². The van der Waals surface area contributed by atoms with Gasteiger partial charge in [0.1, 0.15) is 5.60 Å². The van der Waals surface area contributed by atoms with Crippen molar-refractivity contribution in [1.29, 1.82) is 0 Å². The van der Waals surface area contributed by atoms with Crippen molar-refractivity contribution >= 4 is 23.0 Å². The molecule has 0 spiro atoms. The summed E-state index contributed by atoms with van der Waals surface area (Å²) in [5, 5.41) is 6.35. The van der Waals surface area contributed by atoms with Crippen molar-refractivity contribution in [1.82, 2.24) is 10.6 Å². The molecule has 1 atom stereocenters. The molecule has 16 heavy (non-hydrogen) atoms. The highest BCUT2D eigenvalue weighted by Crippen LogP contribution is 2.10. The molecule has 0 saturated heterocycles. The van der Waals surface area contributed by atoms with Gasteiger partial charge in [-0.1, -0.05) is 11.8 Å². The number of ether oxygens (including phenoxy) is 1. The molecule has 1 unspecified atom stereocenters. The maximum absolute atomic E-state index is 11.4. The first-order valence-corrected chi connectivity index (χ1v) is 5.97. The van der Waals surface area contributed by atoms with Crippen LogP contribution >= 0.6 is 11.8 Å². The third-order valence-corrected chi connectivity index (χ3v) is 2.60. The Morgan fingerprint density at radius 2 is 2.00 bits per heavy atom. The molecule has 0 bridgehead atoms. The van der Waals surface area contributed by atoms with Crippen LogP contribution in [-0.2, 0) is 4.74 Å². The van der Waals surface area contributed by atoms with E-state index in [1.165, 1.54) is 11.8 Å². The molecular formula is C10H21N3O2S. The average Bonchev–Trinajstić information content (AvgIpc) is 2.13. The van der Waals surface area contributed by atoms with Gasteiger partial charge in [0, 0.05) is 7.05 Å². The number of carbonyl (C=O) groups excluding carboxylic acids is 1. The monoisotopic (exact) mass is 247 g/mol. The van der Waals surface area contributed by atoms with Gasteiger partial charge in [-0.25, -0.2) is 4.79 Å². The summed E-state index contributed by atoms with van der Waals surface area (Å²) in [6.07, 6.45) is -0.482. The first kappa shape index (κ1) is 15.2. The summed E-state index contributed by atoms with van der Waals surface area (Å²) in [5.74, 6) is 0. The van der Waals surface area contributed by atoms with E-state index in [0.29, 0.717) is 5.17 Å². The zero-order valence-corrected chi connectivity index (χ0v) is 11.6.